The molecular formula is C21H22N4O. The SMILES string of the molecule is Cn1ncc(C2CCC2)c1C(=O)N(Cc1ccccc1)c1ccncc1. The summed E-state index contributed by atoms with van der Waals surface area (Å²) in [5, 5.41) is 4.38. The molecule has 1 aromatic carbocycles. The van der Waals surface area contributed by atoms with Gasteiger partial charge in [0.15, 0.2) is 0 Å². The van der Waals surface area contributed by atoms with Gasteiger partial charge in [-0.15, -0.1) is 0 Å². The predicted octanol–water partition coefficient (Wildman–Crippen LogP) is 3.93. The quantitative estimate of drug-likeness (QED) is 0.703. The molecule has 132 valence electrons. The minimum absolute atomic E-state index is 0.0121. The van der Waals surface area contributed by atoms with E-state index >= 15 is 0 Å². The van der Waals surface area contributed by atoms with Crippen LogP contribution in [0.2, 0.25) is 0 Å². The van der Waals surface area contributed by atoms with Crippen molar-refractivity contribution in [2.24, 2.45) is 7.05 Å². The van der Waals surface area contributed by atoms with Gasteiger partial charge < -0.3 is 4.90 Å². The molecule has 0 unspecified atom stereocenters. The van der Waals surface area contributed by atoms with E-state index < -0.39 is 0 Å². The van der Waals surface area contributed by atoms with Crippen molar-refractivity contribution in [2.45, 2.75) is 31.7 Å². The standard InChI is InChI=1S/C21H22N4O/c1-24-20(19(14-23-24)17-8-5-9-17)21(26)25(18-10-12-22-13-11-18)15-16-6-3-2-4-7-16/h2-4,6-7,10-14,17H,5,8-9,15H2,1H3. The summed E-state index contributed by atoms with van der Waals surface area (Å²) in [5.41, 5.74) is 3.71. The summed E-state index contributed by atoms with van der Waals surface area (Å²) in [6, 6.07) is 13.8. The summed E-state index contributed by atoms with van der Waals surface area (Å²) in [5.74, 6) is 0.445. The second-order valence-electron chi connectivity index (χ2n) is 6.78. The van der Waals surface area contributed by atoms with E-state index in [1.54, 1.807) is 17.1 Å². The lowest BCUT2D eigenvalue weighted by Crippen LogP contribution is -2.33. The molecule has 2 aromatic heterocycles. The molecule has 0 atom stereocenters. The summed E-state index contributed by atoms with van der Waals surface area (Å²) in [7, 11) is 1.85. The number of benzene rings is 1. The van der Waals surface area contributed by atoms with Crippen LogP contribution in [0.5, 0.6) is 0 Å². The van der Waals surface area contributed by atoms with E-state index in [9.17, 15) is 4.79 Å². The summed E-state index contributed by atoms with van der Waals surface area (Å²) in [6.07, 6.45) is 8.81. The Morgan fingerprint density at radius 2 is 1.88 bits per heavy atom. The molecule has 0 N–H and O–H groups in total. The van der Waals surface area contributed by atoms with Crippen molar-refractivity contribution in [3.05, 3.63) is 77.9 Å². The van der Waals surface area contributed by atoms with Gasteiger partial charge >= 0.3 is 0 Å². The molecule has 2 heterocycles. The van der Waals surface area contributed by atoms with Crippen molar-refractivity contribution in [1.82, 2.24) is 14.8 Å². The number of rotatable bonds is 5. The molecule has 0 saturated heterocycles. The van der Waals surface area contributed by atoms with Gasteiger partial charge in [0.2, 0.25) is 0 Å². The first-order valence-corrected chi connectivity index (χ1v) is 9.02. The molecule has 26 heavy (non-hydrogen) atoms. The van der Waals surface area contributed by atoms with Gasteiger partial charge in [-0.3, -0.25) is 14.5 Å². The number of hydrogen-bond donors (Lipinski definition) is 0. The Kier molecular flexibility index (Phi) is 4.52. The third kappa shape index (κ3) is 3.12. The lowest BCUT2D eigenvalue weighted by Gasteiger charge is -2.28. The third-order valence-corrected chi connectivity index (χ3v) is 5.12. The van der Waals surface area contributed by atoms with Crippen LogP contribution in [0.4, 0.5) is 5.69 Å². The zero-order valence-corrected chi connectivity index (χ0v) is 14.9. The van der Waals surface area contributed by atoms with Crippen molar-refractivity contribution in [1.29, 1.82) is 0 Å². The normalized spacial score (nSPS) is 14.0. The van der Waals surface area contributed by atoms with E-state index in [1.165, 1.54) is 6.42 Å². The fourth-order valence-corrected chi connectivity index (χ4v) is 3.43. The van der Waals surface area contributed by atoms with Gasteiger partial charge in [0.25, 0.3) is 5.91 Å². The lowest BCUT2D eigenvalue weighted by molar-refractivity contribution is 0.0974. The highest BCUT2D eigenvalue weighted by Crippen LogP contribution is 2.38. The number of aromatic nitrogens is 3. The highest BCUT2D eigenvalue weighted by Gasteiger charge is 2.30. The number of anilines is 1. The lowest BCUT2D eigenvalue weighted by atomic mass is 9.80. The van der Waals surface area contributed by atoms with E-state index in [-0.39, 0.29) is 5.91 Å². The molecule has 1 fully saturated rings. The van der Waals surface area contributed by atoms with Gasteiger partial charge in [0.1, 0.15) is 5.69 Å². The van der Waals surface area contributed by atoms with Crippen molar-refractivity contribution >= 4 is 11.6 Å². The zero-order chi connectivity index (χ0) is 17.9. The molecule has 5 heteroatoms. The summed E-state index contributed by atoms with van der Waals surface area (Å²) in [4.78, 5) is 19.4. The Labute approximate surface area is 153 Å². The van der Waals surface area contributed by atoms with Crippen LogP contribution in [0.3, 0.4) is 0 Å². The zero-order valence-electron chi connectivity index (χ0n) is 14.9. The van der Waals surface area contributed by atoms with Crippen LogP contribution >= 0.6 is 0 Å². The van der Waals surface area contributed by atoms with Crippen molar-refractivity contribution in [3.8, 4) is 0 Å². The Balaban J connectivity index is 1.72. The van der Waals surface area contributed by atoms with E-state index in [1.807, 2.05) is 60.6 Å². The van der Waals surface area contributed by atoms with Crippen LogP contribution in [0.25, 0.3) is 0 Å². The van der Waals surface area contributed by atoms with Gasteiger partial charge in [-0.25, -0.2) is 0 Å². The maximum absolute atomic E-state index is 13.5. The molecule has 5 nitrogen and oxygen atoms in total. The highest BCUT2D eigenvalue weighted by atomic mass is 16.2. The van der Waals surface area contributed by atoms with Gasteiger partial charge in [0, 0.05) is 30.7 Å². The first-order valence-electron chi connectivity index (χ1n) is 9.02. The summed E-state index contributed by atoms with van der Waals surface area (Å²) >= 11 is 0. The molecule has 4 rings (SSSR count). The monoisotopic (exact) mass is 346 g/mol. The molecule has 0 spiro atoms. The molecule has 1 saturated carbocycles. The Morgan fingerprint density at radius 1 is 1.15 bits per heavy atom. The molecule has 3 aromatic rings. The maximum Gasteiger partial charge on any atom is 0.277 e. The Bertz CT molecular complexity index is 885. The number of aryl methyl sites for hydroxylation is 1. The van der Waals surface area contributed by atoms with Crippen LogP contribution in [0.1, 0.15) is 46.8 Å². The second-order valence-corrected chi connectivity index (χ2v) is 6.78. The van der Waals surface area contributed by atoms with Crippen molar-refractivity contribution < 1.29 is 4.79 Å². The predicted molar refractivity (Wildman–Crippen MR) is 101 cm³/mol. The minimum Gasteiger partial charge on any atom is -0.303 e. The summed E-state index contributed by atoms with van der Waals surface area (Å²) < 4.78 is 1.72. The number of hydrogen-bond acceptors (Lipinski definition) is 3. The minimum atomic E-state index is -0.0121. The summed E-state index contributed by atoms with van der Waals surface area (Å²) in [6.45, 7) is 0.513. The number of nitrogens with zero attached hydrogens (tertiary/aromatic N) is 4. The van der Waals surface area contributed by atoms with Gasteiger partial charge in [0.05, 0.1) is 12.7 Å². The van der Waals surface area contributed by atoms with Crippen LogP contribution in [-0.2, 0) is 13.6 Å². The molecule has 1 amide bonds. The van der Waals surface area contributed by atoms with Gasteiger partial charge in [-0.2, -0.15) is 5.10 Å². The van der Waals surface area contributed by atoms with Crippen LogP contribution in [-0.4, -0.2) is 20.7 Å². The Hall–Kier alpha value is -2.95. The van der Waals surface area contributed by atoms with Crippen molar-refractivity contribution in [3.63, 3.8) is 0 Å². The van der Waals surface area contributed by atoms with Gasteiger partial charge in [-0.1, -0.05) is 36.8 Å². The van der Waals surface area contributed by atoms with E-state index in [0.29, 0.717) is 18.2 Å². The number of pyridine rings is 1. The largest absolute Gasteiger partial charge is 0.303 e. The smallest absolute Gasteiger partial charge is 0.277 e. The Morgan fingerprint density at radius 3 is 2.54 bits per heavy atom. The number of carbonyl (C=O) groups is 1. The molecule has 1 aliphatic carbocycles. The van der Waals surface area contributed by atoms with Crippen LogP contribution in [0, 0.1) is 0 Å². The fourth-order valence-electron chi connectivity index (χ4n) is 3.43. The first kappa shape index (κ1) is 16.5. The number of carbonyl (C=O) groups excluding carboxylic acids is 1. The maximum atomic E-state index is 13.5. The average Bonchev–Trinajstić information content (AvgIpc) is 3.00. The van der Waals surface area contributed by atoms with Crippen molar-refractivity contribution in [2.75, 3.05) is 4.90 Å². The molecular weight excluding hydrogens is 324 g/mol. The van der Waals surface area contributed by atoms with Gasteiger partial charge in [-0.05, 0) is 36.5 Å². The van der Waals surface area contributed by atoms with E-state index in [4.69, 9.17) is 0 Å². The molecule has 0 radical (unpaired) electrons. The number of amides is 1. The topological polar surface area (TPSA) is 51.0 Å². The van der Waals surface area contributed by atoms with Crippen LogP contribution < -0.4 is 4.90 Å². The molecule has 0 aliphatic heterocycles. The van der Waals surface area contributed by atoms with Crippen LogP contribution in [0.15, 0.2) is 61.1 Å². The highest BCUT2D eigenvalue weighted by molar-refractivity contribution is 6.05. The first-order chi connectivity index (χ1) is 12.7. The van der Waals surface area contributed by atoms with E-state index in [0.717, 1.165) is 29.7 Å². The third-order valence-electron chi connectivity index (χ3n) is 5.12. The molecule has 1 aliphatic rings. The molecule has 0 bridgehead atoms. The fraction of sp³-hybridized carbons (Fsp3) is 0.286. The second kappa shape index (κ2) is 7.12. The van der Waals surface area contributed by atoms with E-state index in [2.05, 4.69) is 10.1 Å². The average molecular weight is 346 g/mol.